The second-order valence-electron chi connectivity index (χ2n) is 4.52. The molecule has 0 unspecified atom stereocenters. The molecule has 0 fully saturated rings. The summed E-state index contributed by atoms with van der Waals surface area (Å²) in [6.45, 7) is 2.17. The van der Waals surface area contributed by atoms with E-state index in [9.17, 15) is 4.79 Å². The molecule has 20 heavy (non-hydrogen) atoms. The second kappa shape index (κ2) is 4.89. The molecule has 1 heterocycles. The van der Waals surface area contributed by atoms with E-state index in [1.54, 1.807) is 20.1 Å². The lowest BCUT2D eigenvalue weighted by molar-refractivity contribution is 0.0526. The molecular formula is C16H15NO3. The molecule has 0 atom stereocenters. The van der Waals surface area contributed by atoms with E-state index in [1.165, 1.54) is 0 Å². The lowest BCUT2D eigenvalue weighted by atomic mass is 10.1. The number of aromatic nitrogens is 1. The van der Waals surface area contributed by atoms with E-state index in [1.807, 2.05) is 30.3 Å². The Morgan fingerprint density at radius 1 is 1.10 bits per heavy atom. The first-order chi connectivity index (χ1) is 9.72. The van der Waals surface area contributed by atoms with Gasteiger partial charge in [-0.25, -0.2) is 4.79 Å². The Hall–Kier alpha value is -2.49. The van der Waals surface area contributed by atoms with Crippen LogP contribution in [0, 0.1) is 0 Å². The summed E-state index contributed by atoms with van der Waals surface area (Å²) < 4.78 is 10.3. The Kier molecular flexibility index (Phi) is 3.06. The number of benzene rings is 2. The number of hydrogen-bond acceptors (Lipinski definition) is 3. The first-order valence-corrected chi connectivity index (χ1v) is 6.49. The predicted octanol–water partition coefficient (Wildman–Crippen LogP) is 3.51. The molecule has 3 rings (SSSR count). The number of hydrogen-bond donors (Lipinski definition) is 1. The normalized spacial score (nSPS) is 10.9. The fourth-order valence-electron chi connectivity index (χ4n) is 2.34. The zero-order valence-corrected chi connectivity index (χ0v) is 11.4. The smallest absolute Gasteiger partial charge is 0.338 e. The van der Waals surface area contributed by atoms with Crippen molar-refractivity contribution in [1.29, 1.82) is 0 Å². The van der Waals surface area contributed by atoms with E-state index in [-0.39, 0.29) is 5.97 Å². The zero-order chi connectivity index (χ0) is 14.1. The van der Waals surface area contributed by atoms with Crippen LogP contribution in [0.5, 0.6) is 5.75 Å². The molecule has 0 aliphatic heterocycles. The van der Waals surface area contributed by atoms with Crippen molar-refractivity contribution in [3.05, 3.63) is 42.0 Å². The number of methoxy groups -OCH3 is 1. The number of aromatic amines is 1. The van der Waals surface area contributed by atoms with Crippen LogP contribution < -0.4 is 4.74 Å². The summed E-state index contributed by atoms with van der Waals surface area (Å²) in [6, 6.07) is 11.4. The second-order valence-corrected chi connectivity index (χ2v) is 4.52. The number of rotatable bonds is 3. The van der Waals surface area contributed by atoms with Crippen molar-refractivity contribution >= 4 is 27.8 Å². The van der Waals surface area contributed by atoms with Gasteiger partial charge in [0.05, 0.1) is 19.3 Å². The minimum absolute atomic E-state index is 0.299. The van der Waals surface area contributed by atoms with E-state index >= 15 is 0 Å². The highest BCUT2D eigenvalue weighted by molar-refractivity contribution is 6.09. The minimum atomic E-state index is -0.299. The van der Waals surface area contributed by atoms with Crippen LogP contribution in [0.25, 0.3) is 21.8 Å². The highest BCUT2D eigenvalue weighted by atomic mass is 16.5. The summed E-state index contributed by atoms with van der Waals surface area (Å²) in [5.74, 6) is 0.492. The number of H-pyrrole nitrogens is 1. The summed E-state index contributed by atoms with van der Waals surface area (Å²) in [6.07, 6.45) is 0. The SMILES string of the molecule is CCOC(=O)c1ccc2[nH]c3ccc(OC)cc3c2c1. The van der Waals surface area contributed by atoms with Crippen LogP contribution in [0.4, 0.5) is 0 Å². The van der Waals surface area contributed by atoms with Crippen molar-refractivity contribution in [2.75, 3.05) is 13.7 Å². The third kappa shape index (κ3) is 1.99. The van der Waals surface area contributed by atoms with E-state index in [4.69, 9.17) is 9.47 Å². The molecule has 1 aromatic heterocycles. The zero-order valence-electron chi connectivity index (χ0n) is 11.4. The van der Waals surface area contributed by atoms with Crippen molar-refractivity contribution in [3.63, 3.8) is 0 Å². The number of fused-ring (bicyclic) bond motifs is 3. The van der Waals surface area contributed by atoms with Gasteiger partial charge < -0.3 is 14.5 Å². The van der Waals surface area contributed by atoms with Crippen LogP contribution in [0.1, 0.15) is 17.3 Å². The largest absolute Gasteiger partial charge is 0.497 e. The van der Waals surface area contributed by atoms with Crippen LogP contribution in [-0.2, 0) is 4.74 Å². The van der Waals surface area contributed by atoms with Gasteiger partial charge in [-0.15, -0.1) is 0 Å². The van der Waals surface area contributed by atoms with Gasteiger partial charge >= 0.3 is 5.97 Å². The van der Waals surface area contributed by atoms with Crippen LogP contribution in [0.2, 0.25) is 0 Å². The Morgan fingerprint density at radius 3 is 2.50 bits per heavy atom. The molecule has 3 aromatic rings. The van der Waals surface area contributed by atoms with E-state index < -0.39 is 0 Å². The number of carbonyl (C=O) groups excluding carboxylic acids is 1. The molecule has 2 aromatic carbocycles. The Morgan fingerprint density at radius 2 is 1.80 bits per heavy atom. The van der Waals surface area contributed by atoms with Crippen molar-refractivity contribution in [2.45, 2.75) is 6.92 Å². The standard InChI is InChI=1S/C16H15NO3/c1-3-20-16(18)10-4-6-14-12(8-10)13-9-11(19-2)5-7-15(13)17-14/h4-9,17H,3H2,1-2H3. The number of carbonyl (C=O) groups is 1. The summed E-state index contributed by atoms with van der Waals surface area (Å²) >= 11 is 0. The van der Waals surface area contributed by atoms with Crippen LogP contribution in [0.15, 0.2) is 36.4 Å². The summed E-state index contributed by atoms with van der Waals surface area (Å²) in [4.78, 5) is 15.1. The van der Waals surface area contributed by atoms with E-state index in [0.29, 0.717) is 12.2 Å². The van der Waals surface area contributed by atoms with Gasteiger partial charge in [0.15, 0.2) is 0 Å². The first-order valence-electron chi connectivity index (χ1n) is 6.49. The molecule has 0 aliphatic carbocycles. The van der Waals surface area contributed by atoms with Crippen molar-refractivity contribution in [2.24, 2.45) is 0 Å². The van der Waals surface area contributed by atoms with Crippen LogP contribution in [-0.4, -0.2) is 24.7 Å². The highest BCUT2D eigenvalue weighted by Crippen LogP contribution is 2.29. The fraction of sp³-hybridized carbons (Fsp3) is 0.188. The third-order valence-electron chi connectivity index (χ3n) is 3.32. The van der Waals surface area contributed by atoms with Gasteiger partial charge in [-0.1, -0.05) is 0 Å². The predicted molar refractivity (Wildman–Crippen MR) is 78.3 cm³/mol. The molecule has 0 radical (unpaired) electrons. The van der Waals surface area contributed by atoms with Gasteiger partial charge in [0, 0.05) is 21.8 Å². The quantitative estimate of drug-likeness (QED) is 0.740. The Labute approximate surface area is 116 Å². The van der Waals surface area contributed by atoms with Gasteiger partial charge in [-0.2, -0.15) is 0 Å². The summed E-state index contributed by atoms with van der Waals surface area (Å²) in [5, 5.41) is 2.02. The van der Waals surface area contributed by atoms with Gasteiger partial charge in [-0.3, -0.25) is 0 Å². The number of nitrogens with one attached hydrogen (secondary N) is 1. The minimum Gasteiger partial charge on any atom is -0.497 e. The van der Waals surface area contributed by atoms with Crippen molar-refractivity contribution in [1.82, 2.24) is 4.98 Å². The van der Waals surface area contributed by atoms with E-state index in [0.717, 1.165) is 27.6 Å². The molecule has 102 valence electrons. The lowest BCUT2D eigenvalue weighted by Crippen LogP contribution is -2.03. The molecule has 0 aliphatic rings. The summed E-state index contributed by atoms with van der Waals surface area (Å²) in [5.41, 5.74) is 2.56. The van der Waals surface area contributed by atoms with Crippen LogP contribution >= 0.6 is 0 Å². The monoisotopic (exact) mass is 269 g/mol. The highest BCUT2D eigenvalue weighted by Gasteiger charge is 2.10. The lowest BCUT2D eigenvalue weighted by Gasteiger charge is -2.02. The maximum absolute atomic E-state index is 11.8. The Bertz CT molecular complexity index is 789. The Balaban J connectivity index is 2.20. The first kappa shape index (κ1) is 12.5. The average Bonchev–Trinajstić information content (AvgIpc) is 2.84. The average molecular weight is 269 g/mol. The van der Waals surface area contributed by atoms with E-state index in [2.05, 4.69) is 4.98 Å². The number of esters is 1. The molecule has 4 nitrogen and oxygen atoms in total. The summed E-state index contributed by atoms with van der Waals surface area (Å²) in [7, 11) is 1.64. The topological polar surface area (TPSA) is 51.3 Å². The molecule has 4 heteroatoms. The number of ether oxygens (including phenoxy) is 2. The maximum Gasteiger partial charge on any atom is 0.338 e. The van der Waals surface area contributed by atoms with Crippen molar-refractivity contribution < 1.29 is 14.3 Å². The van der Waals surface area contributed by atoms with Gasteiger partial charge in [0.25, 0.3) is 0 Å². The molecule has 0 saturated carbocycles. The van der Waals surface area contributed by atoms with Crippen LogP contribution in [0.3, 0.4) is 0 Å². The molecule has 1 N–H and O–H groups in total. The molecule has 0 spiro atoms. The third-order valence-corrected chi connectivity index (χ3v) is 3.32. The molecular weight excluding hydrogens is 254 g/mol. The van der Waals surface area contributed by atoms with Gasteiger partial charge in [0.2, 0.25) is 0 Å². The molecule has 0 saturated heterocycles. The van der Waals surface area contributed by atoms with Crippen molar-refractivity contribution in [3.8, 4) is 5.75 Å². The maximum atomic E-state index is 11.8. The molecule has 0 amide bonds. The molecule has 0 bridgehead atoms. The fourth-order valence-corrected chi connectivity index (χ4v) is 2.34. The van der Waals surface area contributed by atoms with Gasteiger partial charge in [-0.05, 0) is 43.3 Å². The van der Waals surface area contributed by atoms with Gasteiger partial charge in [0.1, 0.15) is 5.75 Å².